The maximum atomic E-state index is 12.2. The average Bonchev–Trinajstić information content (AvgIpc) is 3.30. The van der Waals surface area contributed by atoms with E-state index in [4.69, 9.17) is 0 Å². The zero-order valence-electron chi connectivity index (χ0n) is 13.4. The second kappa shape index (κ2) is 7.51. The molecule has 2 aromatic rings. The number of nitro benzene ring substituents is 1. The number of hydrazone groups is 1. The molecule has 1 aromatic heterocycles. The molecule has 2 unspecified atom stereocenters. The molecule has 3 rings (SSSR count). The van der Waals surface area contributed by atoms with Crippen molar-refractivity contribution < 1.29 is 9.72 Å². The first-order valence-electron chi connectivity index (χ1n) is 7.68. The summed E-state index contributed by atoms with van der Waals surface area (Å²) in [5.41, 5.74) is 9.66. The van der Waals surface area contributed by atoms with Crippen LogP contribution in [0.2, 0.25) is 0 Å². The van der Waals surface area contributed by atoms with Crippen LogP contribution < -0.4 is 16.3 Å². The number of non-ortho nitro benzene ring substituents is 1. The number of thiophene rings is 1. The maximum absolute atomic E-state index is 12.2. The van der Waals surface area contributed by atoms with Crippen molar-refractivity contribution >= 4 is 28.6 Å². The van der Waals surface area contributed by atoms with Crippen LogP contribution in [-0.2, 0) is 4.79 Å². The van der Waals surface area contributed by atoms with Crippen molar-refractivity contribution in [2.75, 3.05) is 0 Å². The van der Waals surface area contributed by atoms with Crippen molar-refractivity contribution in [1.29, 1.82) is 0 Å². The van der Waals surface area contributed by atoms with Crippen LogP contribution in [0.3, 0.4) is 0 Å². The summed E-state index contributed by atoms with van der Waals surface area (Å²) >= 11 is 1.64. The molecule has 1 saturated heterocycles. The summed E-state index contributed by atoms with van der Waals surface area (Å²) in [6, 6.07) is 9.83. The Morgan fingerprint density at radius 3 is 2.92 bits per heavy atom. The summed E-state index contributed by atoms with van der Waals surface area (Å²) in [5.74, 6) is -0.253. The van der Waals surface area contributed by atoms with Crippen molar-refractivity contribution in [3.05, 3.63) is 62.3 Å². The summed E-state index contributed by atoms with van der Waals surface area (Å²) in [4.78, 5) is 23.8. The summed E-state index contributed by atoms with van der Waals surface area (Å²) in [7, 11) is 0. The minimum absolute atomic E-state index is 0.0150. The van der Waals surface area contributed by atoms with Crippen molar-refractivity contribution in [3.8, 4) is 0 Å². The molecule has 8 nitrogen and oxygen atoms in total. The van der Waals surface area contributed by atoms with Crippen molar-refractivity contribution in [2.45, 2.75) is 25.4 Å². The quantitative estimate of drug-likeness (QED) is 0.430. The van der Waals surface area contributed by atoms with Crippen molar-refractivity contribution in [3.63, 3.8) is 0 Å². The van der Waals surface area contributed by atoms with E-state index in [1.165, 1.54) is 17.0 Å². The molecular formula is C16H17N5O3S. The van der Waals surface area contributed by atoms with Crippen LogP contribution in [0.25, 0.3) is 0 Å². The SMILES string of the molecule is C/C(=N\NC(=O)C1CC(c2cccs2)NN1)c1cccc([N+](=O)[O-])c1. The molecule has 9 heteroatoms. The molecule has 1 aromatic carbocycles. The Balaban J connectivity index is 1.60. The van der Waals surface area contributed by atoms with Gasteiger partial charge in [-0.05, 0) is 24.8 Å². The fourth-order valence-electron chi connectivity index (χ4n) is 2.53. The molecule has 1 aliphatic rings. The highest BCUT2D eigenvalue weighted by Crippen LogP contribution is 2.25. The molecule has 0 spiro atoms. The molecule has 0 aliphatic carbocycles. The van der Waals surface area contributed by atoms with E-state index in [9.17, 15) is 14.9 Å². The number of nitrogens with zero attached hydrogens (tertiary/aromatic N) is 2. The molecule has 1 amide bonds. The fraction of sp³-hybridized carbons (Fsp3) is 0.250. The van der Waals surface area contributed by atoms with Gasteiger partial charge < -0.3 is 0 Å². The summed E-state index contributed by atoms with van der Waals surface area (Å²) in [5, 5.41) is 16.9. The zero-order chi connectivity index (χ0) is 17.8. The third-order valence-corrected chi connectivity index (χ3v) is 4.90. The van der Waals surface area contributed by atoms with Gasteiger partial charge in [0.1, 0.15) is 6.04 Å². The molecule has 2 heterocycles. The number of rotatable bonds is 5. The monoisotopic (exact) mass is 359 g/mol. The van der Waals surface area contributed by atoms with Crippen molar-refractivity contribution in [2.24, 2.45) is 5.10 Å². The van der Waals surface area contributed by atoms with Gasteiger partial charge in [0.15, 0.2) is 0 Å². The number of nitrogens with one attached hydrogen (secondary N) is 3. The lowest BCUT2D eigenvalue weighted by Crippen LogP contribution is -2.41. The number of hydrazine groups is 1. The van der Waals surface area contributed by atoms with Crippen molar-refractivity contribution in [1.82, 2.24) is 16.3 Å². The van der Waals surface area contributed by atoms with Crippen LogP contribution >= 0.6 is 11.3 Å². The number of nitro groups is 1. The molecular weight excluding hydrogens is 342 g/mol. The van der Waals surface area contributed by atoms with Gasteiger partial charge in [-0.25, -0.2) is 16.3 Å². The Morgan fingerprint density at radius 2 is 2.20 bits per heavy atom. The van der Waals surface area contributed by atoms with Gasteiger partial charge >= 0.3 is 0 Å². The van der Waals surface area contributed by atoms with Gasteiger partial charge in [-0.15, -0.1) is 11.3 Å². The summed E-state index contributed by atoms with van der Waals surface area (Å²) in [6.07, 6.45) is 0.623. The normalized spacial score (nSPS) is 20.4. The molecule has 1 aliphatic heterocycles. The van der Waals surface area contributed by atoms with E-state index >= 15 is 0 Å². The molecule has 0 saturated carbocycles. The zero-order valence-corrected chi connectivity index (χ0v) is 14.2. The van der Waals surface area contributed by atoms with Gasteiger partial charge in [-0.2, -0.15) is 5.10 Å². The topological polar surface area (TPSA) is 109 Å². The van der Waals surface area contributed by atoms with Crippen LogP contribution in [0.4, 0.5) is 5.69 Å². The van der Waals surface area contributed by atoms with E-state index in [0.29, 0.717) is 17.7 Å². The average molecular weight is 359 g/mol. The third-order valence-electron chi connectivity index (χ3n) is 3.91. The minimum atomic E-state index is -0.464. The van der Waals surface area contributed by atoms with E-state index in [1.54, 1.807) is 30.4 Å². The number of hydrogen-bond acceptors (Lipinski definition) is 7. The number of benzene rings is 1. The Kier molecular flexibility index (Phi) is 5.17. The third kappa shape index (κ3) is 4.08. The molecule has 3 N–H and O–H groups in total. The number of carbonyl (C=O) groups is 1. The second-order valence-electron chi connectivity index (χ2n) is 5.63. The lowest BCUT2D eigenvalue weighted by atomic mass is 10.1. The lowest BCUT2D eigenvalue weighted by Gasteiger charge is -2.08. The first-order chi connectivity index (χ1) is 12.0. The van der Waals surface area contributed by atoms with E-state index in [0.717, 1.165) is 0 Å². The first kappa shape index (κ1) is 17.2. The van der Waals surface area contributed by atoms with Crippen LogP contribution in [0, 0.1) is 10.1 Å². The van der Waals surface area contributed by atoms with E-state index in [2.05, 4.69) is 21.4 Å². The first-order valence-corrected chi connectivity index (χ1v) is 8.56. The van der Waals surface area contributed by atoms with E-state index in [-0.39, 0.29) is 17.6 Å². The highest BCUT2D eigenvalue weighted by molar-refractivity contribution is 7.10. The van der Waals surface area contributed by atoms with Gasteiger partial charge in [0.2, 0.25) is 0 Å². The molecule has 2 atom stereocenters. The number of hydrogen-bond donors (Lipinski definition) is 3. The Labute approximate surface area is 148 Å². The second-order valence-corrected chi connectivity index (χ2v) is 6.60. The largest absolute Gasteiger partial charge is 0.271 e. The van der Waals surface area contributed by atoms with Crippen LogP contribution in [0.5, 0.6) is 0 Å². The molecule has 25 heavy (non-hydrogen) atoms. The van der Waals surface area contributed by atoms with Gasteiger partial charge in [0, 0.05) is 22.6 Å². The van der Waals surface area contributed by atoms with Gasteiger partial charge in [-0.3, -0.25) is 14.9 Å². The predicted octanol–water partition coefficient (Wildman–Crippen LogP) is 2.10. The van der Waals surface area contributed by atoms with Gasteiger partial charge in [-0.1, -0.05) is 18.2 Å². The standard InChI is InChI=1S/C16H17N5O3S/c1-10(11-4-2-5-12(8-11)21(23)24)17-20-16(22)14-9-13(18-19-14)15-6-3-7-25-15/h2-8,13-14,18-19H,9H2,1H3,(H,20,22)/b17-10+. The van der Waals surface area contributed by atoms with Crippen LogP contribution in [0.1, 0.15) is 29.8 Å². The molecule has 1 fully saturated rings. The van der Waals surface area contributed by atoms with E-state index in [1.807, 2.05) is 17.5 Å². The Hall–Kier alpha value is -2.62. The summed E-state index contributed by atoms with van der Waals surface area (Å²) < 4.78 is 0. The molecule has 0 radical (unpaired) electrons. The highest BCUT2D eigenvalue weighted by atomic mass is 32.1. The van der Waals surface area contributed by atoms with Gasteiger partial charge in [0.05, 0.1) is 16.7 Å². The smallest absolute Gasteiger partial charge is 0.270 e. The molecule has 130 valence electrons. The fourth-order valence-corrected chi connectivity index (χ4v) is 3.32. The number of carbonyl (C=O) groups excluding carboxylic acids is 1. The number of amides is 1. The van der Waals surface area contributed by atoms with Crippen LogP contribution in [0.15, 0.2) is 46.9 Å². The summed E-state index contributed by atoms with van der Waals surface area (Å²) in [6.45, 7) is 1.69. The minimum Gasteiger partial charge on any atom is -0.271 e. The van der Waals surface area contributed by atoms with Crippen LogP contribution in [-0.4, -0.2) is 22.6 Å². The Bertz CT molecular complexity index is 806. The highest BCUT2D eigenvalue weighted by Gasteiger charge is 2.30. The lowest BCUT2D eigenvalue weighted by molar-refractivity contribution is -0.384. The maximum Gasteiger partial charge on any atom is 0.270 e. The predicted molar refractivity (Wildman–Crippen MR) is 95.2 cm³/mol. The van der Waals surface area contributed by atoms with Gasteiger partial charge in [0.25, 0.3) is 11.6 Å². The Morgan fingerprint density at radius 1 is 1.36 bits per heavy atom. The van der Waals surface area contributed by atoms with E-state index < -0.39 is 11.0 Å². The molecule has 0 bridgehead atoms.